The van der Waals surface area contributed by atoms with Crippen LogP contribution < -0.4 is 10.1 Å². The molecule has 0 fully saturated rings. The van der Waals surface area contributed by atoms with Crippen molar-refractivity contribution in [2.45, 2.75) is 32.9 Å². The fourth-order valence-electron chi connectivity index (χ4n) is 1.40. The van der Waals surface area contributed by atoms with Gasteiger partial charge < -0.3 is 14.9 Å². The Kier molecular flexibility index (Phi) is 7.14. The summed E-state index contributed by atoms with van der Waals surface area (Å²) in [6.07, 6.45) is 2.03. The summed E-state index contributed by atoms with van der Waals surface area (Å²) < 4.78 is 28.7. The van der Waals surface area contributed by atoms with E-state index >= 15 is 0 Å². The average Bonchev–Trinajstić information content (AvgIpc) is 2.44. The number of carbonyl (C=O) groups is 1. The van der Waals surface area contributed by atoms with Crippen LogP contribution in [0.15, 0.2) is 29.4 Å². The predicted octanol–water partition coefficient (Wildman–Crippen LogP) is 2.55. The minimum atomic E-state index is -2.92. The second-order valence-electron chi connectivity index (χ2n) is 4.30. The van der Waals surface area contributed by atoms with Crippen molar-refractivity contribution >= 4 is 12.1 Å². The molecular weight excluding hydrogens is 282 g/mol. The Morgan fingerprint density at radius 1 is 1.43 bits per heavy atom. The van der Waals surface area contributed by atoms with Gasteiger partial charge in [-0.3, -0.25) is 4.79 Å². The lowest BCUT2D eigenvalue weighted by atomic mass is 10.2. The third kappa shape index (κ3) is 6.69. The average molecular weight is 300 g/mol. The van der Waals surface area contributed by atoms with E-state index in [-0.39, 0.29) is 24.3 Å². The van der Waals surface area contributed by atoms with Crippen molar-refractivity contribution in [2.75, 3.05) is 6.61 Å². The number of alkyl halides is 2. The zero-order valence-corrected chi connectivity index (χ0v) is 11.9. The van der Waals surface area contributed by atoms with Gasteiger partial charge in [-0.05, 0) is 25.5 Å². The number of halogens is 2. The van der Waals surface area contributed by atoms with Crippen LogP contribution in [-0.4, -0.2) is 31.4 Å². The van der Waals surface area contributed by atoms with Gasteiger partial charge in [0.1, 0.15) is 5.75 Å². The van der Waals surface area contributed by atoms with Crippen molar-refractivity contribution in [3.8, 4) is 5.75 Å². The topological polar surface area (TPSA) is 59.9 Å². The molecule has 0 saturated heterocycles. The minimum absolute atomic E-state index is 0.0103. The summed E-state index contributed by atoms with van der Waals surface area (Å²) in [6, 6.07) is 6.21. The van der Waals surface area contributed by atoms with Crippen LogP contribution in [0.3, 0.4) is 0 Å². The highest BCUT2D eigenvalue weighted by Gasteiger charge is 2.08. The maximum atomic E-state index is 12.2. The van der Waals surface area contributed by atoms with Crippen molar-refractivity contribution in [1.29, 1.82) is 0 Å². The van der Waals surface area contributed by atoms with Crippen LogP contribution in [0.2, 0.25) is 0 Å². The lowest BCUT2D eigenvalue weighted by Crippen LogP contribution is -2.34. The zero-order chi connectivity index (χ0) is 15.7. The van der Waals surface area contributed by atoms with Gasteiger partial charge >= 0.3 is 6.61 Å². The number of rotatable bonds is 8. The molecule has 0 heterocycles. The number of para-hydroxylation sites is 1. The molecular formula is C14H18F2N2O3. The molecule has 5 nitrogen and oxygen atoms in total. The van der Waals surface area contributed by atoms with Crippen LogP contribution in [0.25, 0.3) is 0 Å². The third-order valence-electron chi connectivity index (χ3n) is 2.62. The van der Waals surface area contributed by atoms with Crippen LogP contribution in [-0.2, 0) is 9.63 Å². The van der Waals surface area contributed by atoms with E-state index in [0.29, 0.717) is 5.56 Å². The highest BCUT2D eigenvalue weighted by atomic mass is 19.3. The van der Waals surface area contributed by atoms with Gasteiger partial charge in [-0.25, -0.2) is 0 Å². The summed E-state index contributed by atoms with van der Waals surface area (Å²) in [4.78, 5) is 16.2. The zero-order valence-electron chi connectivity index (χ0n) is 11.9. The summed E-state index contributed by atoms with van der Waals surface area (Å²) in [5.74, 6) is -0.303. The molecule has 21 heavy (non-hydrogen) atoms. The number of ether oxygens (including phenoxy) is 1. The van der Waals surface area contributed by atoms with Crippen molar-refractivity contribution in [1.82, 2.24) is 5.32 Å². The summed E-state index contributed by atoms with van der Waals surface area (Å²) in [5, 5.41) is 6.28. The van der Waals surface area contributed by atoms with Gasteiger partial charge in [0.15, 0.2) is 6.61 Å². The van der Waals surface area contributed by atoms with E-state index in [9.17, 15) is 13.6 Å². The molecule has 7 heteroatoms. The van der Waals surface area contributed by atoms with E-state index in [1.807, 2.05) is 13.8 Å². The SMILES string of the molecule is CC[C@H](C)NC(=O)CO/N=C\c1ccccc1OC(F)F. The molecule has 0 radical (unpaired) electrons. The lowest BCUT2D eigenvalue weighted by Gasteiger charge is -2.10. The Morgan fingerprint density at radius 3 is 2.81 bits per heavy atom. The number of oxime groups is 1. The van der Waals surface area contributed by atoms with Gasteiger partial charge in [-0.2, -0.15) is 8.78 Å². The molecule has 0 aromatic heterocycles. The molecule has 1 atom stereocenters. The molecule has 0 aliphatic carbocycles. The van der Waals surface area contributed by atoms with Crippen LogP contribution in [0.5, 0.6) is 5.75 Å². The van der Waals surface area contributed by atoms with Crippen molar-refractivity contribution in [3.05, 3.63) is 29.8 Å². The number of hydrogen-bond acceptors (Lipinski definition) is 4. The third-order valence-corrected chi connectivity index (χ3v) is 2.62. The summed E-state index contributed by atoms with van der Waals surface area (Å²) >= 11 is 0. The molecule has 116 valence electrons. The number of carbonyl (C=O) groups excluding carboxylic acids is 1. The predicted molar refractivity (Wildman–Crippen MR) is 74.5 cm³/mol. The van der Waals surface area contributed by atoms with Crippen LogP contribution >= 0.6 is 0 Å². The van der Waals surface area contributed by atoms with Crippen molar-refractivity contribution < 1.29 is 23.1 Å². The quantitative estimate of drug-likeness (QED) is 0.593. The number of benzene rings is 1. The maximum Gasteiger partial charge on any atom is 0.387 e. The molecule has 1 aromatic carbocycles. The second-order valence-corrected chi connectivity index (χ2v) is 4.30. The Bertz CT molecular complexity index is 481. The molecule has 0 aliphatic heterocycles. The summed E-state index contributed by atoms with van der Waals surface area (Å²) in [5.41, 5.74) is 0.333. The normalized spacial score (nSPS) is 12.4. The molecule has 0 unspecified atom stereocenters. The number of nitrogens with zero attached hydrogens (tertiary/aromatic N) is 1. The van der Waals surface area contributed by atoms with Crippen LogP contribution in [0, 0.1) is 0 Å². The van der Waals surface area contributed by atoms with Crippen LogP contribution in [0.4, 0.5) is 8.78 Å². The van der Waals surface area contributed by atoms with E-state index in [4.69, 9.17) is 4.84 Å². The maximum absolute atomic E-state index is 12.2. The lowest BCUT2D eigenvalue weighted by molar-refractivity contribution is -0.126. The summed E-state index contributed by atoms with van der Waals surface area (Å²) in [7, 11) is 0. The van der Waals surface area contributed by atoms with Gasteiger partial charge in [-0.1, -0.05) is 24.2 Å². The van der Waals surface area contributed by atoms with Gasteiger partial charge in [0, 0.05) is 11.6 Å². The summed E-state index contributed by atoms with van der Waals surface area (Å²) in [6.45, 7) is 0.670. The number of hydrogen-bond donors (Lipinski definition) is 1. The van der Waals surface area contributed by atoms with E-state index in [1.165, 1.54) is 12.3 Å². The standard InChI is InChI=1S/C14H18F2N2O3/c1-3-10(2)18-13(19)9-20-17-8-11-6-4-5-7-12(11)21-14(15)16/h4-8,10,14H,3,9H2,1-2H3,(H,18,19)/b17-8-/t10-/m0/s1. The number of amides is 1. The van der Waals surface area contributed by atoms with Gasteiger partial charge in [0.25, 0.3) is 5.91 Å². The first-order valence-corrected chi connectivity index (χ1v) is 6.51. The Balaban J connectivity index is 2.48. The van der Waals surface area contributed by atoms with E-state index in [0.717, 1.165) is 6.42 Å². The molecule has 0 aliphatic rings. The first-order valence-electron chi connectivity index (χ1n) is 6.51. The van der Waals surface area contributed by atoms with Crippen molar-refractivity contribution in [3.63, 3.8) is 0 Å². The Morgan fingerprint density at radius 2 is 2.14 bits per heavy atom. The smallest absolute Gasteiger partial charge is 0.387 e. The monoisotopic (exact) mass is 300 g/mol. The van der Waals surface area contributed by atoms with E-state index in [2.05, 4.69) is 15.2 Å². The molecule has 1 N–H and O–H groups in total. The second kappa shape index (κ2) is 8.89. The Hall–Kier alpha value is -2.18. The van der Waals surface area contributed by atoms with Crippen molar-refractivity contribution in [2.24, 2.45) is 5.16 Å². The van der Waals surface area contributed by atoms with Gasteiger partial charge in [0.2, 0.25) is 0 Å². The minimum Gasteiger partial charge on any atom is -0.434 e. The van der Waals surface area contributed by atoms with E-state index < -0.39 is 6.61 Å². The number of nitrogens with one attached hydrogen (secondary N) is 1. The molecule has 0 bridgehead atoms. The van der Waals surface area contributed by atoms with Gasteiger partial charge in [-0.15, -0.1) is 0 Å². The molecule has 0 spiro atoms. The fraction of sp³-hybridized carbons (Fsp3) is 0.429. The highest BCUT2D eigenvalue weighted by Crippen LogP contribution is 2.18. The first kappa shape index (κ1) is 16.9. The van der Waals surface area contributed by atoms with Crippen LogP contribution in [0.1, 0.15) is 25.8 Å². The fourth-order valence-corrected chi connectivity index (χ4v) is 1.40. The molecule has 1 rings (SSSR count). The molecule has 1 amide bonds. The largest absolute Gasteiger partial charge is 0.434 e. The molecule has 0 saturated carbocycles. The first-order chi connectivity index (χ1) is 10.0. The molecule has 1 aromatic rings. The highest BCUT2D eigenvalue weighted by molar-refractivity contribution is 5.83. The van der Waals surface area contributed by atoms with E-state index in [1.54, 1.807) is 18.2 Å². The Labute approximate surface area is 121 Å². The van der Waals surface area contributed by atoms with Gasteiger partial charge in [0.05, 0.1) is 6.21 Å².